The molecule has 1 heterocycles. The van der Waals surface area contributed by atoms with Crippen LogP contribution in [0.3, 0.4) is 0 Å². The fourth-order valence-corrected chi connectivity index (χ4v) is 2.34. The lowest BCUT2D eigenvalue weighted by Gasteiger charge is -2.39. The highest BCUT2D eigenvalue weighted by molar-refractivity contribution is 9.25. The number of nitrogens with one attached hydrogen (secondary N) is 1. The molecule has 16 heavy (non-hydrogen) atoms. The smallest absolute Gasteiger partial charge is 0.331 e. The Morgan fingerprint density at radius 1 is 1.50 bits per heavy atom. The van der Waals surface area contributed by atoms with Gasteiger partial charge in [-0.1, -0.05) is 38.8 Å². The van der Waals surface area contributed by atoms with E-state index in [1.54, 1.807) is 0 Å². The van der Waals surface area contributed by atoms with Gasteiger partial charge in [-0.05, 0) is 39.3 Å². The molecule has 1 unspecified atom stereocenters. The highest BCUT2D eigenvalue weighted by Gasteiger charge is 2.37. The average Bonchev–Trinajstić information content (AvgIpc) is 2.29. The summed E-state index contributed by atoms with van der Waals surface area (Å²) in [6.07, 6.45) is 3.01. The van der Waals surface area contributed by atoms with Gasteiger partial charge in [-0.25, -0.2) is 4.79 Å². The van der Waals surface area contributed by atoms with Crippen molar-refractivity contribution < 1.29 is 9.53 Å². The molecule has 0 radical (unpaired) electrons. The van der Waals surface area contributed by atoms with Crippen molar-refractivity contribution >= 4 is 37.8 Å². The van der Waals surface area contributed by atoms with E-state index in [9.17, 15) is 4.79 Å². The van der Waals surface area contributed by atoms with E-state index < -0.39 is 3.74 Å². The van der Waals surface area contributed by atoms with Gasteiger partial charge in [-0.3, -0.25) is 0 Å². The van der Waals surface area contributed by atoms with Gasteiger partial charge in [0.05, 0.1) is 0 Å². The number of halogens is 2. The quantitative estimate of drug-likeness (QED) is 0.621. The number of piperidine rings is 1. The second-order valence-electron chi connectivity index (χ2n) is 4.41. The maximum absolute atomic E-state index is 11.6. The number of esters is 1. The van der Waals surface area contributed by atoms with Gasteiger partial charge < -0.3 is 10.1 Å². The summed E-state index contributed by atoms with van der Waals surface area (Å²) in [4.78, 5) is 11.6. The fourth-order valence-electron chi connectivity index (χ4n) is 2.15. The lowest BCUT2D eigenvalue weighted by atomic mass is 9.80. The van der Waals surface area contributed by atoms with Gasteiger partial charge in [0.2, 0.25) is 0 Å². The number of rotatable bonds is 4. The van der Waals surface area contributed by atoms with Gasteiger partial charge in [-0.15, -0.1) is 0 Å². The van der Waals surface area contributed by atoms with E-state index in [0.717, 1.165) is 32.4 Å². The zero-order valence-corrected chi connectivity index (χ0v) is 12.9. The summed E-state index contributed by atoms with van der Waals surface area (Å²) in [5.41, 5.74) is -0.334. The molecular weight excluding hydrogens is 338 g/mol. The van der Waals surface area contributed by atoms with Crippen LogP contribution in [0.25, 0.3) is 0 Å². The second-order valence-corrected chi connectivity index (χ2v) is 7.47. The lowest BCUT2D eigenvalue weighted by molar-refractivity contribution is -0.162. The van der Waals surface area contributed by atoms with Gasteiger partial charge in [0.15, 0.2) is 3.74 Å². The number of carbonyl (C=O) groups excluding carboxylic acids is 1. The predicted molar refractivity (Wildman–Crippen MR) is 72.0 cm³/mol. The van der Waals surface area contributed by atoms with Crippen molar-refractivity contribution in [1.82, 2.24) is 5.32 Å². The summed E-state index contributed by atoms with van der Waals surface area (Å²) < 4.78 is 5.22. The van der Waals surface area contributed by atoms with Crippen molar-refractivity contribution in [3.05, 3.63) is 0 Å². The predicted octanol–water partition coefficient (Wildman–Crippen LogP) is 2.81. The third-order valence-corrected chi connectivity index (χ3v) is 4.16. The first kappa shape index (κ1) is 14.5. The third-order valence-electron chi connectivity index (χ3n) is 3.42. The lowest BCUT2D eigenvalue weighted by Crippen LogP contribution is -2.45. The normalized spacial score (nSPS) is 21.8. The summed E-state index contributed by atoms with van der Waals surface area (Å²) in [5.74, 6) is 0.226. The molecule has 1 rings (SSSR count). The molecule has 0 saturated carbocycles. The molecule has 0 aromatic carbocycles. The summed E-state index contributed by atoms with van der Waals surface area (Å²) >= 11 is 6.35. The van der Waals surface area contributed by atoms with E-state index in [2.05, 4.69) is 44.1 Å². The van der Waals surface area contributed by atoms with E-state index >= 15 is 0 Å². The van der Waals surface area contributed by atoms with Gasteiger partial charge >= 0.3 is 5.97 Å². The van der Waals surface area contributed by atoms with Crippen LogP contribution in [0.1, 0.15) is 33.1 Å². The van der Waals surface area contributed by atoms with Crippen LogP contribution in [-0.4, -0.2) is 28.4 Å². The molecule has 1 fully saturated rings. The molecule has 0 spiro atoms. The van der Waals surface area contributed by atoms with E-state index in [-0.39, 0.29) is 11.6 Å². The minimum Gasteiger partial charge on any atom is -0.458 e. The number of carbonyl (C=O) groups is 1. The largest absolute Gasteiger partial charge is 0.458 e. The van der Waals surface area contributed by atoms with Crippen LogP contribution in [0.5, 0.6) is 0 Å². The van der Waals surface area contributed by atoms with Crippen LogP contribution in [0.4, 0.5) is 0 Å². The van der Waals surface area contributed by atoms with Crippen molar-refractivity contribution in [2.24, 2.45) is 5.92 Å². The Morgan fingerprint density at radius 2 is 2.06 bits per heavy atom. The van der Waals surface area contributed by atoms with E-state index in [1.165, 1.54) is 0 Å². The second kappa shape index (κ2) is 6.36. The molecule has 5 heteroatoms. The third kappa shape index (κ3) is 3.70. The summed E-state index contributed by atoms with van der Waals surface area (Å²) in [6.45, 7) is 6.16. The summed E-state index contributed by atoms with van der Waals surface area (Å²) in [5, 5.41) is 3.33. The highest BCUT2D eigenvalue weighted by Crippen LogP contribution is 2.33. The Kier molecular flexibility index (Phi) is 5.74. The molecule has 0 amide bonds. The molecule has 0 bridgehead atoms. The molecule has 1 aliphatic heterocycles. The van der Waals surface area contributed by atoms with Crippen LogP contribution in [0, 0.1) is 5.92 Å². The van der Waals surface area contributed by atoms with E-state index in [1.807, 2.05) is 6.92 Å². The first-order valence-electron chi connectivity index (χ1n) is 5.71. The number of ether oxygens (including phenoxy) is 1. The van der Waals surface area contributed by atoms with E-state index in [4.69, 9.17) is 4.74 Å². The monoisotopic (exact) mass is 355 g/mol. The molecule has 1 saturated heterocycles. The summed E-state index contributed by atoms with van der Waals surface area (Å²) in [6, 6.07) is 0. The topological polar surface area (TPSA) is 38.3 Å². The van der Waals surface area contributed by atoms with Crippen molar-refractivity contribution in [3.63, 3.8) is 0 Å². The molecule has 1 aliphatic rings. The minimum atomic E-state index is -0.410. The fraction of sp³-hybridized carbons (Fsp3) is 0.909. The SMILES string of the molecule is CCC(C)(OC(=O)C(Br)Br)C1CCNCC1. The number of hydrogen-bond acceptors (Lipinski definition) is 3. The van der Waals surface area contributed by atoms with Crippen molar-refractivity contribution in [1.29, 1.82) is 0 Å². The maximum atomic E-state index is 11.6. The molecule has 0 aromatic rings. The molecule has 1 atom stereocenters. The van der Waals surface area contributed by atoms with E-state index in [0.29, 0.717) is 5.92 Å². The Morgan fingerprint density at radius 3 is 2.50 bits per heavy atom. The van der Waals surface area contributed by atoms with Crippen molar-refractivity contribution in [2.75, 3.05) is 13.1 Å². The maximum Gasteiger partial charge on any atom is 0.331 e. The minimum absolute atomic E-state index is 0.233. The number of alkyl halides is 2. The highest BCUT2D eigenvalue weighted by atomic mass is 79.9. The first-order valence-corrected chi connectivity index (χ1v) is 7.54. The molecule has 3 nitrogen and oxygen atoms in total. The molecule has 1 N–H and O–H groups in total. The van der Waals surface area contributed by atoms with Crippen LogP contribution < -0.4 is 5.32 Å². The zero-order chi connectivity index (χ0) is 12.2. The standard InChI is InChI=1S/C11H19Br2NO2/c1-3-11(2,16-10(15)9(12)13)8-4-6-14-7-5-8/h8-9,14H,3-7H2,1-2H3. The van der Waals surface area contributed by atoms with Crippen LogP contribution in [0.2, 0.25) is 0 Å². The van der Waals surface area contributed by atoms with Gasteiger partial charge in [-0.2, -0.15) is 0 Å². The number of hydrogen-bond donors (Lipinski definition) is 1. The molecule has 0 aliphatic carbocycles. The molecular formula is C11H19Br2NO2. The zero-order valence-electron chi connectivity index (χ0n) is 9.76. The summed E-state index contributed by atoms with van der Waals surface area (Å²) in [7, 11) is 0. The Labute approximate surface area is 114 Å². The van der Waals surface area contributed by atoms with Gasteiger partial charge in [0.25, 0.3) is 0 Å². The Balaban J connectivity index is 2.64. The van der Waals surface area contributed by atoms with Crippen LogP contribution in [-0.2, 0) is 9.53 Å². The molecule has 94 valence electrons. The Bertz CT molecular complexity index is 242. The van der Waals surface area contributed by atoms with Gasteiger partial charge in [0.1, 0.15) is 5.60 Å². The van der Waals surface area contributed by atoms with Gasteiger partial charge in [0, 0.05) is 5.92 Å². The van der Waals surface area contributed by atoms with Crippen LogP contribution >= 0.6 is 31.9 Å². The first-order chi connectivity index (χ1) is 7.49. The van der Waals surface area contributed by atoms with Crippen molar-refractivity contribution in [3.8, 4) is 0 Å². The molecule has 0 aromatic heterocycles. The Hall–Kier alpha value is 0.390. The van der Waals surface area contributed by atoms with Crippen molar-refractivity contribution in [2.45, 2.75) is 42.4 Å². The van der Waals surface area contributed by atoms with Crippen LogP contribution in [0.15, 0.2) is 0 Å². The average molecular weight is 357 g/mol.